The quantitative estimate of drug-likeness (QED) is 0.853. The zero-order valence-corrected chi connectivity index (χ0v) is 10.7. The van der Waals surface area contributed by atoms with Crippen molar-refractivity contribution >= 4 is 26.8 Å². The smallest absolute Gasteiger partial charge is 0.0486 e. The highest BCUT2D eigenvalue weighted by Crippen LogP contribution is 2.32. The summed E-state index contributed by atoms with van der Waals surface area (Å²) in [5, 5.41) is 1.32. The lowest BCUT2D eigenvalue weighted by Gasteiger charge is -2.25. The zero-order chi connectivity index (χ0) is 11.1. The first kappa shape index (κ1) is 10.4. The minimum absolute atomic E-state index is 0.488. The number of aryl methyl sites for hydroxylation is 1. The van der Waals surface area contributed by atoms with E-state index in [0.29, 0.717) is 6.04 Å². The van der Waals surface area contributed by atoms with E-state index in [0.717, 1.165) is 11.0 Å². The molecular weight excluding hydrogens is 264 g/mol. The van der Waals surface area contributed by atoms with Crippen molar-refractivity contribution in [3.8, 4) is 0 Å². The van der Waals surface area contributed by atoms with Gasteiger partial charge in [-0.05, 0) is 43.5 Å². The fourth-order valence-electron chi connectivity index (χ4n) is 2.76. The minimum Gasteiger partial charge on any atom is -0.340 e. The molecule has 0 saturated carbocycles. The topological polar surface area (TPSA) is 30.9 Å². The number of fused-ring (bicyclic) bond motifs is 3. The third-order valence-electron chi connectivity index (χ3n) is 3.49. The highest BCUT2D eigenvalue weighted by atomic mass is 79.9. The first-order valence-electron chi connectivity index (χ1n) is 5.79. The first-order valence-corrected chi connectivity index (χ1v) is 6.58. The van der Waals surface area contributed by atoms with Gasteiger partial charge in [-0.25, -0.2) is 0 Å². The molecule has 1 atom stereocenters. The minimum atomic E-state index is 0.488. The molecule has 1 aliphatic heterocycles. The van der Waals surface area contributed by atoms with Gasteiger partial charge in [-0.2, -0.15) is 0 Å². The van der Waals surface area contributed by atoms with Gasteiger partial charge in [0.2, 0.25) is 0 Å². The summed E-state index contributed by atoms with van der Waals surface area (Å²) < 4.78 is 3.58. The third-order valence-corrected chi connectivity index (χ3v) is 3.98. The van der Waals surface area contributed by atoms with Crippen LogP contribution in [0.1, 0.15) is 24.6 Å². The average molecular weight is 279 g/mol. The zero-order valence-electron chi connectivity index (χ0n) is 9.12. The fraction of sp³-hybridized carbons (Fsp3) is 0.385. The van der Waals surface area contributed by atoms with Crippen LogP contribution >= 0.6 is 15.9 Å². The van der Waals surface area contributed by atoms with Crippen molar-refractivity contribution in [2.45, 2.75) is 25.3 Å². The van der Waals surface area contributed by atoms with Gasteiger partial charge in [-0.3, -0.25) is 0 Å². The molecule has 0 saturated heterocycles. The normalized spacial score (nSPS) is 20.0. The van der Waals surface area contributed by atoms with Crippen molar-refractivity contribution in [2.24, 2.45) is 5.73 Å². The molecule has 0 fully saturated rings. The van der Waals surface area contributed by atoms with Gasteiger partial charge >= 0.3 is 0 Å². The standard InChI is InChI=1S/C13H15BrN2/c14-10-4-5-13-9(6-10)7-11-2-1-3-12(8-15)16(11)13/h4-7,12H,1-3,8,15H2. The molecule has 16 heavy (non-hydrogen) atoms. The molecule has 1 aromatic heterocycles. The Kier molecular flexibility index (Phi) is 2.52. The summed E-state index contributed by atoms with van der Waals surface area (Å²) in [5.41, 5.74) is 8.63. The number of hydrogen-bond donors (Lipinski definition) is 1. The van der Waals surface area contributed by atoms with E-state index in [-0.39, 0.29) is 0 Å². The van der Waals surface area contributed by atoms with Crippen LogP contribution in [0.15, 0.2) is 28.7 Å². The average Bonchev–Trinajstić information content (AvgIpc) is 2.65. The lowest BCUT2D eigenvalue weighted by atomic mass is 10.0. The van der Waals surface area contributed by atoms with E-state index in [1.807, 2.05) is 0 Å². The van der Waals surface area contributed by atoms with Gasteiger partial charge in [0.25, 0.3) is 0 Å². The lowest BCUT2D eigenvalue weighted by molar-refractivity contribution is 0.421. The summed E-state index contributed by atoms with van der Waals surface area (Å²) in [4.78, 5) is 0. The summed E-state index contributed by atoms with van der Waals surface area (Å²) in [6.07, 6.45) is 3.66. The Morgan fingerprint density at radius 1 is 1.38 bits per heavy atom. The highest BCUT2D eigenvalue weighted by Gasteiger charge is 2.20. The molecule has 2 aromatic rings. The first-order chi connectivity index (χ1) is 7.79. The van der Waals surface area contributed by atoms with E-state index in [1.54, 1.807) is 0 Å². The highest BCUT2D eigenvalue weighted by molar-refractivity contribution is 9.10. The predicted molar refractivity (Wildman–Crippen MR) is 70.7 cm³/mol. The van der Waals surface area contributed by atoms with E-state index in [4.69, 9.17) is 5.73 Å². The van der Waals surface area contributed by atoms with Crippen LogP contribution in [0, 0.1) is 0 Å². The van der Waals surface area contributed by atoms with Gasteiger partial charge in [0.05, 0.1) is 0 Å². The molecule has 1 aromatic carbocycles. The summed E-state index contributed by atoms with van der Waals surface area (Å²) in [6.45, 7) is 0.743. The summed E-state index contributed by atoms with van der Waals surface area (Å²) in [7, 11) is 0. The molecule has 0 aliphatic carbocycles. The largest absolute Gasteiger partial charge is 0.340 e. The van der Waals surface area contributed by atoms with Crippen LogP contribution in [0.4, 0.5) is 0 Å². The molecule has 1 unspecified atom stereocenters. The molecule has 84 valence electrons. The Morgan fingerprint density at radius 3 is 3.06 bits per heavy atom. The number of halogens is 1. The van der Waals surface area contributed by atoms with E-state index < -0.39 is 0 Å². The lowest BCUT2D eigenvalue weighted by Crippen LogP contribution is -2.24. The maximum Gasteiger partial charge on any atom is 0.0486 e. The monoisotopic (exact) mass is 278 g/mol. The van der Waals surface area contributed by atoms with E-state index in [1.165, 1.54) is 35.9 Å². The Hall–Kier alpha value is -0.800. The van der Waals surface area contributed by atoms with Crippen molar-refractivity contribution < 1.29 is 0 Å². The van der Waals surface area contributed by atoms with Crippen LogP contribution in [0.3, 0.4) is 0 Å². The number of nitrogens with two attached hydrogens (primary N) is 1. The SMILES string of the molecule is NCC1CCCc2cc3cc(Br)ccc3n21. The second-order valence-corrected chi connectivity index (χ2v) is 5.41. The number of aromatic nitrogens is 1. The molecule has 3 heteroatoms. The maximum atomic E-state index is 5.87. The molecule has 0 radical (unpaired) electrons. The van der Waals surface area contributed by atoms with E-state index >= 15 is 0 Å². The van der Waals surface area contributed by atoms with Crippen LogP contribution in [0.25, 0.3) is 10.9 Å². The second-order valence-electron chi connectivity index (χ2n) is 4.49. The van der Waals surface area contributed by atoms with Crippen LogP contribution < -0.4 is 5.73 Å². The van der Waals surface area contributed by atoms with Crippen LogP contribution in [-0.2, 0) is 6.42 Å². The second kappa shape index (κ2) is 3.90. The van der Waals surface area contributed by atoms with Crippen LogP contribution in [0.5, 0.6) is 0 Å². The molecule has 0 bridgehead atoms. The van der Waals surface area contributed by atoms with Crippen molar-refractivity contribution in [1.82, 2.24) is 4.57 Å². The Balaban J connectivity index is 2.26. The van der Waals surface area contributed by atoms with Gasteiger partial charge < -0.3 is 10.3 Å². The van der Waals surface area contributed by atoms with Crippen LogP contribution in [0.2, 0.25) is 0 Å². The van der Waals surface area contributed by atoms with Gasteiger partial charge in [0.1, 0.15) is 0 Å². The summed E-state index contributed by atoms with van der Waals surface area (Å²) in [5.74, 6) is 0. The molecule has 2 N–H and O–H groups in total. The Bertz CT molecular complexity index is 530. The van der Waals surface area contributed by atoms with Gasteiger partial charge in [0.15, 0.2) is 0 Å². The Morgan fingerprint density at radius 2 is 2.25 bits per heavy atom. The molecule has 3 rings (SSSR count). The molecular formula is C13H15BrN2. The molecule has 2 nitrogen and oxygen atoms in total. The molecule has 0 spiro atoms. The number of rotatable bonds is 1. The summed E-state index contributed by atoms with van der Waals surface area (Å²) in [6, 6.07) is 9.28. The maximum absolute atomic E-state index is 5.87. The summed E-state index contributed by atoms with van der Waals surface area (Å²) >= 11 is 3.52. The van der Waals surface area contributed by atoms with Crippen LogP contribution in [-0.4, -0.2) is 11.1 Å². The molecule has 0 amide bonds. The van der Waals surface area contributed by atoms with Crippen molar-refractivity contribution in [2.75, 3.05) is 6.54 Å². The van der Waals surface area contributed by atoms with Gasteiger partial charge in [0, 0.05) is 33.7 Å². The van der Waals surface area contributed by atoms with Crippen molar-refractivity contribution in [1.29, 1.82) is 0 Å². The molecule has 1 aliphatic rings. The molecule has 2 heterocycles. The number of hydrogen-bond acceptors (Lipinski definition) is 1. The predicted octanol–water partition coefficient (Wildman–Crippen LogP) is 3.24. The van der Waals surface area contributed by atoms with Crippen molar-refractivity contribution in [3.05, 3.63) is 34.4 Å². The fourth-order valence-corrected chi connectivity index (χ4v) is 3.14. The van der Waals surface area contributed by atoms with Gasteiger partial charge in [-0.1, -0.05) is 15.9 Å². The van der Waals surface area contributed by atoms with Crippen molar-refractivity contribution in [3.63, 3.8) is 0 Å². The number of benzene rings is 1. The number of nitrogens with zero attached hydrogens (tertiary/aromatic N) is 1. The van der Waals surface area contributed by atoms with E-state index in [9.17, 15) is 0 Å². The van der Waals surface area contributed by atoms with E-state index in [2.05, 4.69) is 44.8 Å². The Labute approximate surface area is 104 Å². The van der Waals surface area contributed by atoms with Gasteiger partial charge in [-0.15, -0.1) is 0 Å². The third kappa shape index (κ3) is 1.50.